The van der Waals surface area contributed by atoms with E-state index in [0.29, 0.717) is 11.6 Å². The number of nitrogens with two attached hydrogens (primary N) is 1. The molecule has 0 amide bonds. The summed E-state index contributed by atoms with van der Waals surface area (Å²) in [6.45, 7) is 2.56. The van der Waals surface area contributed by atoms with Crippen molar-refractivity contribution in [2.45, 2.75) is 13.3 Å². The highest BCUT2D eigenvalue weighted by molar-refractivity contribution is 5.95. The lowest BCUT2D eigenvalue weighted by Gasteiger charge is -2.17. The molecule has 0 fully saturated rings. The molecule has 7 nitrogen and oxygen atoms in total. The predicted octanol–water partition coefficient (Wildman–Crippen LogP) is 0.953. The van der Waals surface area contributed by atoms with E-state index < -0.39 is 0 Å². The summed E-state index contributed by atoms with van der Waals surface area (Å²) in [5, 5.41) is 11.7. The molecule has 0 aliphatic carbocycles. The molecule has 2 heterocycles. The summed E-state index contributed by atoms with van der Waals surface area (Å²) < 4.78 is 0. The van der Waals surface area contributed by atoms with Crippen LogP contribution >= 0.6 is 0 Å². The average Bonchev–Trinajstić information content (AvgIpc) is 2.52. The molecule has 0 aliphatic rings. The molecule has 2 aromatic rings. The monoisotopic (exact) mass is 286 g/mol. The van der Waals surface area contributed by atoms with E-state index in [9.17, 15) is 0 Å². The number of aromatic nitrogens is 3. The third kappa shape index (κ3) is 3.88. The molecule has 2 aromatic heterocycles. The Labute approximate surface area is 123 Å². The van der Waals surface area contributed by atoms with Gasteiger partial charge in [0.1, 0.15) is 5.69 Å². The minimum Gasteiger partial charge on any atom is -0.409 e. The van der Waals surface area contributed by atoms with Gasteiger partial charge in [0.15, 0.2) is 5.84 Å². The number of anilines is 1. The Balaban J connectivity index is 2.12. The van der Waals surface area contributed by atoms with Crippen LogP contribution in [0.25, 0.3) is 0 Å². The van der Waals surface area contributed by atoms with Gasteiger partial charge in [-0.1, -0.05) is 11.2 Å². The minimum atomic E-state index is -0.0279. The molecule has 0 atom stereocenters. The zero-order chi connectivity index (χ0) is 15.2. The molecule has 0 bridgehead atoms. The Morgan fingerprint density at radius 3 is 2.86 bits per heavy atom. The maximum atomic E-state index is 8.74. The quantitative estimate of drug-likeness (QED) is 0.367. The number of oxime groups is 1. The SMILES string of the molecule is Cc1cc(/C(N)=N/O)nc(N(C)CCc2ccccn2)n1. The largest absolute Gasteiger partial charge is 0.409 e. The topological polar surface area (TPSA) is 101 Å². The smallest absolute Gasteiger partial charge is 0.225 e. The zero-order valence-electron chi connectivity index (χ0n) is 12.1. The summed E-state index contributed by atoms with van der Waals surface area (Å²) in [5.41, 5.74) is 7.75. The standard InChI is InChI=1S/C14H18N6O/c1-10-9-12(13(15)19-21)18-14(17-10)20(2)8-6-11-5-3-4-7-16-11/h3-5,7,9,21H,6,8H2,1-2H3,(H2,15,19). The molecule has 0 aromatic carbocycles. The summed E-state index contributed by atoms with van der Waals surface area (Å²) >= 11 is 0. The molecule has 7 heteroatoms. The van der Waals surface area contributed by atoms with Crippen LogP contribution in [0.2, 0.25) is 0 Å². The fraction of sp³-hybridized carbons (Fsp3) is 0.286. The lowest BCUT2D eigenvalue weighted by molar-refractivity contribution is 0.318. The number of rotatable bonds is 5. The van der Waals surface area contributed by atoms with Crippen molar-refractivity contribution >= 4 is 11.8 Å². The number of nitrogens with zero attached hydrogens (tertiary/aromatic N) is 5. The van der Waals surface area contributed by atoms with Crippen molar-refractivity contribution in [1.29, 1.82) is 0 Å². The van der Waals surface area contributed by atoms with E-state index in [2.05, 4.69) is 20.1 Å². The van der Waals surface area contributed by atoms with Crippen molar-refractivity contribution in [3.05, 3.63) is 47.5 Å². The molecule has 0 saturated carbocycles. The minimum absolute atomic E-state index is 0.0279. The highest BCUT2D eigenvalue weighted by Gasteiger charge is 2.10. The predicted molar refractivity (Wildman–Crippen MR) is 80.5 cm³/mol. The number of amidine groups is 1. The lowest BCUT2D eigenvalue weighted by atomic mass is 10.2. The van der Waals surface area contributed by atoms with Crippen molar-refractivity contribution in [3.63, 3.8) is 0 Å². The van der Waals surface area contributed by atoms with Crippen LogP contribution in [0.1, 0.15) is 17.1 Å². The first-order valence-electron chi connectivity index (χ1n) is 6.55. The second-order valence-electron chi connectivity index (χ2n) is 4.67. The van der Waals surface area contributed by atoms with Gasteiger partial charge in [-0.15, -0.1) is 0 Å². The second-order valence-corrected chi connectivity index (χ2v) is 4.67. The van der Waals surface area contributed by atoms with Gasteiger partial charge in [-0.3, -0.25) is 4.98 Å². The molecule has 2 rings (SSSR count). The molecule has 0 unspecified atom stereocenters. The van der Waals surface area contributed by atoms with Crippen molar-refractivity contribution in [1.82, 2.24) is 15.0 Å². The Kier molecular flexibility index (Phi) is 4.65. The Morgan fingerprint density at radius 1 is 1.38 bits per heavy atom. The molecule has 3 N–H and O–H groups in total. The lowest BCUT2D eigenvalue weighted by Crippen LogP contribution is -2.25. The third-order valence-electron chi connectivity index (χ3n) is 2.98. The summed E-state index contributed by atoms with van der Waals surface area (Å²) in [7, 11) is 1.90. The maximum Gasteiger partial charge on any atom is 0.225 e. The van der Waals surface area contributed by atoms with Crippen LogP contribution in [0.3, 0.4) is 0 Å². The summed E-state index contributed by atoms with van der Waals surface area (Å²) in [4.78, 5) is 14.9. The zero-order valence-corrected chi connectivity index (χ0v) is 12.1. The van der Waals surface area contributed by atoms with Gasteiger partial charge < -0.3 is 15.8 Å². The number of aryl methyl sites for hydroxylation is 1. The van der Waals surface area contributed by atoms with Crippen LogP contribution in [0.5, 0.6) is 0 Å². The number of pyridine rings is 1. The molecular weight excluding hydrogens is 268 g/mol. The molecule has 21 heavy (non-hydrogen) atoms. The van der Waals surface area contributed by atoms with Crippen LogP contribution in [0.4, 0.5) is 5.95 Å². The fourth-order valence-electron chi connectivity index (χ4n) is 1.83. The van der Waals surface area contributed by atoms with Gasteiger partial charge >= 0.3 is 0 Å². The van der Waals surface area contributed by atoms with E-state index in [0.717, 1.165) is 24.4 Å². The van der Waals surface area contributed by atoms with Gasteiger partial charge in [0, 0.05) is 37.6 Å². The number of hydrogen-bond acceptors (Lipinski definition) is 6. The van der Waals surface area contributed by atoms with E-state index in [1.54, 1.807) is 12.3 Å². The van der Waals surface area contributed by atoms with Crippen molar-refractivity contribution in [3.8, 4) is 0 Å². The van der Waals surface area contributed by atoms with E-state index >= 15 is 0 Å². The normalized spacial score (nSPS) is 11.4. The summed E-state index contributed by atoms with van der Waals surface area (Å²) in [6, 6.07) is 7.50. The number of hydrogen-bond donors (Lipinski definition) is 2. The first-order valence-corrected chi connectivity index (χ1v) is 6.55. The highest BCUT2D eigenvalue weighted by Crippen LogP contribution is 2.09. The maximum absolute atomic E-state index is 8.74. The van der Waals surface area contributed by atoms with Crippen LogP contribution in [0.15, 0.2) is 35.6 Å². The molecule has 0 spiro atoms. The molecule has 0 aliphatic heterocycles. The fourth-order valence-corrected chi connectivity index (χ4v) is 1.83. The first kappa shape index (κ1) is 14.7. The summed E-state index contributed by atoms with van der Waals surface area (Å²) in [5.74, 6) is 0.507. The Morgan fingerprint density at radius 2 is 2.19 bits per heavy atom. The van der Waals surface area contributed by atoms with Crippen molar-refractivity contribution in [2.75, 3.05) is 18.5 Å². The van der Waals surface area contributed by atoms with E-state index in [1.165, 1.54) is 0 Å². The van der Waals surface area contributed by atoms with Crippen LogP contribution < -0.4 is 10.6 Å². The molecule has 0 saturated heterocycles. The second kappa shape index (κ2) is 6.65. The van der Waals surface area contributed by atoms with Gasteiger partial charge in [0.05, 0.1) is 0 Å². The molecular formula is C14H18N6O. The van der Waals surface area contributed by atoms with Crippen LogP contribution in [-0.4, -0.2) is 39.6 Å². The van der Waals surface area contributed by atoms with Crippen molar-refractivity contribution in [2.24, 2.45) is 10.9 Å². The summed E-state index contributed by atoms with van der Waals surface area (Å²) in [6.07, 6.45) is 2.56. The average molecular weight is 286 g/mol. The van der Waals surface area contributed by atoms with E-state index in [4.69, 9.17) is 10.9 Å². The van der Waals surface area contributed by atoms with Gasteiger partial charge in [-0.05, 0) is 25.1 Å². The van der Waals surface area contributed by atoms with E-state index in [-0.39, 0.29) is 5.84 Å². The highest BCUT2D eigenvalue weighted by atomic mass is 16.4. The third-order valence-corrected chi connectivity index (χ3v) is 2.98. The van der Waals surface area contributed by atoms with Crippen LogP contribution in [-0.2, 0) is 6.42 Å². The van der Waals surface area contributed by atoms with Crippen LogP contribution in [0, 0.1) is 6.92 Å². The first-order chi connectivity index (χ1) is 10.1. The van der Waals surface area contributed by atoms with E-state index in [1.807, 2.05) is 37.1 Å². The van der Waals surface area contributed by atoms with Gasteiger partial charge in [-0.2, -0.15) is 0 Å². The Bertz CT molecular complexity index is 629. The number of likely N-dealkylation sites (N-methyl/N-ethyl adjacent to an activating group) is 1. The molecule has 0 radical (unpaired) electrons. The van der Waals surface area contributed by atoms with Gasteiger partial charge in [0.25, 0.3) is 0 Å². The Hall–Kier alpha value is -2.70. The van der Waals surface area contributed by atoms with Crippen molar-refractivity contribution < 1.29 is 5.21 Å². The molecule has 110 valence electrons. The van der Waals surface area contributed by atoms with Gasteiger partial charge in [-0.25, -0.2) is 9.97 Å². The van der Waals surface area contributed by atoms with Gasteiger partial charge in [0.2, 0.25) is 5.95 Å².